The lowest BCUT2D eigenvalue weighted by molar-refractivity contribution is -0.665. The Kier molecular flexibility index (Phi) is 8.04. The fourth-order valence-electron chi connectivity index (χ4n) is 10.8. The van der Waals surface area contributed by atoms with Crippen LogP contribution in [0.2, 0.25) is 0 Å². The highest BCUT2D eigenvalue weighted by Gasteiger charge is 2.66. The van der Waals surface area contributed by atoms with Gasteiger partial charge in [0.1, 0.15) is 6.10 Å². The molecule has 0 N–H and O–H groups in total. The summed E-state index contributed by atoms with van der Waals surface area (Å²) in [4.78, 5) is 48.6. The minimum atomic E-state index is -0.892. The first-order valence-electron chi connectivity index (χ1n) is 16.5. The van der Waals surface area contributed by atoms with E-state index in [9.17, 15) is 9.59 Å². The van der Waals surface area contributed by atoms with Gasteiger partial charge in [-0.25, -0.2) is 0 Å². The number of hydrogen-bond donors (Lipinski definition) is 0. The first kappa shape index (κ1) is 29.8. The van der Waals surface area contributed by atoms with E-state index in [-0.39, 0.29) is 34.8 Å². The van der Waals surface area contributed by atoms with E-state index in [1.54, 1.807) is 6.92 Å². The molecular weight excluding hydrogens is 524 g/mol. The number of esters is 2. The van der Waals surface area contributed by atoms with Crippen LogP contribution >= 0.6 is 0 Å². The summed E-state index contributed by atoms with van der Waals surface area (Å²) in [5, 5.41) is 0. The van der Waals surface area contributed by atoms with Crippen molar-refractivity contribution in [3.8, 4) is 0 Å². The Morgan fingerprint density at radius 3 is 2.22 bits per heavy atom. The van der Waals surface area contributed by atoms with Crippen LogP contribution in [0.4, 0.5) is 0 Å². The molecule has 0 unspecified atom stereocenters. The average molecular weight is 577 g/mol. The van der Waals surface area contributed by atoms with Crippen LogP contribution in [0.25, 0.3) is 0 Å². The molecule has 5 saturated carbocycles. The zero-order valence-corrected chi connectivity index (χ0v) is 25.9. The summed E-state index contributed by atoms with van der Waals surface area (Å²) in [6.45, 7) is 8.85. The summed E-state index contributed by atoms with van der Waals surface area (Å²) in [6.07, 6.45) is 14.1. The molecule has 1 saturated heterocycles. The van der Waals surface area contributed by atoms with Gasteiger partial charge in [-0.15, -0.1) is 0 Å². The monoisotopic (exact) mass is 576 g/mol. The van der Waals surface area contributed by atoms with Crippen LogP contribution in [0.5, 0.6) is 0 Å². The molecule has 232 valence electrons. The van der Waals surface area contributed by atoms with Crippen LogP contribution in [-0.4, -0.2) is 36.7 Å². The molecule has 2 spiro atoms. The lowest BCUT2D eigenvalue weighted by Crippen LogP contribution is -2.62. The van der Waals surface area contributed by atoms with Crippen LogP contribution < -0.4 is 0 Å². The molecule has 0 aromatic heterocycles. The largest absolute Gasteiger partial charge is 0.469 e. The normalized spacial score (nSPS) is 43.4. The summed E-state index contributed by atoms with van der Waals surface area (Å²) in [5.41, 5.74) is 0.314. The smallest absolute Gasteiger partial charge is 0.305 e. The van der Waals surface area contributed by atoms with Crippen molar-refractivity contribution in [3.05, 3.63) is 0 Å². The zero-order chi connectivity index (χ0) is 29.0. The van der Waals surface area contributed by atoms with Gasteiger partial charge in [0, 0.05) is 44.9 Å². The van der Waals surface area contributed by atoms with Crippen LogP contribution in [0.3, 0.4) is 0 Å². The van der Waals surface area contributed by atoms with Crippen LogP contribution in [-0.2, 0) is 38.6 Å². The van der Waals surface area contributed by atoms with Gasteiger partial charge >= 0.3 is 11.9 Å². The lowest BCUT2D eigenvalue weighted by Gasteiger charge is -2.64. The molecule has 6 fully saturated rings. The zero-order valence-electron chi connectivity index (χ0n) is 25.9. The van der Waals surface area contributed by atoms with Gasteiger partial charge in [-0.2, -0.15) is 19.6 Å². The molecule has 0 aromatic rings. The van der Waals surface area contributed by atoms with Crippen molar-refractivity contribution >= 4 is 11.9 Å². The summed E-state index contributed by atoms with van der Waals surface area (Å²) >= 11 is 0. The predicted molar refractivity (Wildman–Crippen MR) is 149 cm³/mol. The second kappa shape index (κ2) is 11.0. The highest BCUT2D eigenvalue weighted by atomic mass is 17.4. The van der Waals surface area contributed by atoms with Crippen molar-refractivity contribution < 1.29 is 38.6 Å². The quantitative estimate of drug-likeness (QED) is 0.254. The van der Waals surface area contributed by atoms with Crippen molar-refractivity contribution in [2.24, 2.45) is 46.3 Å². The third kappa shape index (κ3) is 5.17. The maximum Gasteiger partial charge on any atom is 0.305 e. The van der Waals surface area contributed by atoms with Gasteiger partial charge in [0.05, 0.1) is 7.11 Å². The third-order valence-corrected chi connectivity index (χ3v) is 13.1. The Morgan fingerprint density at radius 1 is 0.854 bits per heavy atom. The van der Waals surface area contributed by atoms with E-state index in [0.29, 0.717) is 42.4 Å². The van der Waals surface area contributed by atoms with Crippen molar-refractivity contribution in [3.63, 3.8) is 0 Å². The van der Waals surface area contributed by atoms with Gasteiger partial charge in [0.25, 0.3) is 0 Å². The number of rotatable bonds is 5. The lowest BCUT2D eigenvalue weighted by atomic mass is 9.43. The van der Waals surface area contributed by atoms with Crippen LogP contribution in [0.15, 0.2) is 0 Å². The molecular formula is C33H52O8. The summed E-state index contributed by atoms with van der Waals surface area (Å²) in [6, 6.07) is 0. The summed E-state index contributed by atoms with van der Waals surface area (Å²) < 4.78 is 11.1. The van der Waals surface area contributed by atoms with Gasteiger partial charge in [0.15, 0.2) is 0 Å². The number of methoxy groups -OCH3 is 1. The molecule has 8 nitrogen and oxygen atoms in total. The van der Waals surface area contributed by atoms with Crippen molar-refractivity contribution in [1.82, 2.24) is 0 Å². The summed E-state index contributed by atoms with van der Waals surface area (Å²) in [5.74, 6) is 0.723. The van der Waals surface area contributed by atoms with E-state index in [4.69, 9.17) is 29.0 Å². The Labute approximate surface area is 245 Å². The average Bonchev–Trinajstić information content (AvgIpc) is 3.31. The topological polar surface area (TPSA) is 89.5 Å². The molecule has 6 rings (SSSR count). The van der Waals surface area contributed by atoms with E-state index in [1.165, 1.54) is 32.8 Å². The van der Waals surface area contributed by atoms with Gasteiger partial charge in [-0.05, 0) is 98.2 Å². The second-order valence-corrected chi connectivity index (χ2v) is 15.1. The minimum Gasteiger partial charge on any atom is -0.469 e. The highest BCUT2D eigenvalue weighted by Crippen LogP contribution is 2.69. The molecule has 1 aliphatic heterocycles. The van der Waals surface area contributed by atoms with E-state index in [0.717, 1.165) is 57.8 Å². The second-order valence-electron chi connectivity index (χ2n) is 15.1. The fraction of sp³-hybridized carbons (Fsp3) is 0.939. The van der Waals surface area contributed by atoms with E-state index in [1.807, 2.05) is 0 Å². The van der Waals surface area contributed by atoms with Crippen molar-refractivity contribution in [2.75, 3.05) is 7.11 Å². The van der Waals surface area contributed by atoms with E-state index in [2.05, 4.69) is 20.8 Å². The first-order chi connectivity index (χ1) is 19.5. The molecule has 5 aliphatic carbocycles. The highest BCUT2D eigenvalue weighted by molar-refractivity contribution is 5.69. The van der Waals surface area contributed by atoms with Crippen LogP contribution in [0.1, 0.15) is 124 Å². The SMILES string of the molecule is COC(=O)CC[C@@H](C)[C@H]1CC[C@H]2[C@@H]3[C@H](OC(C)=O)C[C@@H]4CC5(CC[C@]4(C)[C@H]3CC[C@]12C)OOC1(CCCCC1)OO5. The maximum atomic E-state index is 12.5. The number of fused-ring (bicyclic) bond motifs is 5. The molecule has 1 heterocycles. The molecule has 9 atom stereocenters. The Bertz CT molecular complexity index is 982. The molecule has 0 amide bonds. The predicted octanol–water partition coefficient (Wildman–Crippen LogP) is 7.04. The Hall–Kier alpha value is -1.22. The van der Waals surface area contributed by atoms with Gasteiger partial charge in [-0.3, -0.25) is 9.59 Å². The van der Waals surface area contributed by atoms with Gasteiger partial charge in [-0.1, -0.05) is 27.2 Å². The number of carbonyl (C=O) groups is 2. The van der Waals surface area contributed by atoms with Crippen molar-refractivity contribution in [2.45, 2.75) is 142 Å². The van der Waals surface area contributed by atoms with E-state index >= 15 is 0 Å². The number of ether oxygens (including phenoxy) is 2. The molecule has 0 bridgehead atoms. The Balaban J connectivity index is 1.20. The maximum absolute atomic E-state index is 12.5. The molecule has 41 heavy (non-hydrogen) atoms. The molecule has 6 aliphatic rings. The standard InChI is InChI=1S/C33H52O8/c1-21(9-12-28(35)36-5)24-10-11-25-29-26(13-16-31(24,25)4)30(3)17-18-33(20-23(30)19-27(29)37-22(2)34)40-38-32(39-41-33)14-7-6-8-15-32/h21,23-27,29H,6-20H2,1-5H3/t21-,23-,24-,25+,26+,27-,29+,30+,31-/m1/s1. The van der Waals surface area contributed by atoms with Gasteiger partial charge < -0.3 is 9.47 Å². The first-order valence-corrected chi connectivity index (χ1v) is 16.5. The molecule has 0 aromatic carbocycles. The van der Waals surface area contributed by atoms with Gasteiger partial charge in [0.2, 0.25) is 11.6 Å². The molecule has 0 radical (unpaired) electrons. The molecule has 8 heteroatoms. The number of hydrogen-bond acceptors (Lipinski definition) is 8. The Morgan fingerprint density at radius 2 is 1.54 bits per heavy atom. The van der Waals surface area contributed by atoms with Crippen LogP contribution in [0, 0.1) is 46.3 Å². The number of carbonyl (C=O) groups excluding carboxylic acids is 2. The summed E-state index contributed by atoms with van der Waals surface area (Å²) in [7, 11) is 1.47. The fourth-order valence-corrected chi connectivity index (χ4v) is 10.8. The van der Waals surface area contributed by atoms with Crippen molar-refractivity contribution in [1.29, 1.82) is 0 Å². The minimum absolute atomic E-state index is 0.102. The van der Waals surface area contributed by atoms with E-state index < -0.39 is 11.6 Å². The third-order valence-electron chi connectivity index (χ3n) is 13.1.